The monoisotopic (exact) mass is 853 g/mol. The summed E-state index contributed by atoms with van der Waals surface area (Å²) in [7, 11) is -4.54. The van der Waals surface area contributed by atoms with Crippen LogP contribution >= 0.6 is 11.3 Å². The number of amides is 1. The molecule has 316 valence electrons. The number of fused-ring (bicyclic) bond motifs is 1. The van der Waals surface area contributed by atoms with Crippen molar-refractivity contribution in [3.05, 3.63) is 104 Å². The molecular formula is C44H51N7O7S2. The molecule has 5 heterocycles. The lowest BCUT2D eigenvalue weighted by atomic mass is 9.72. The maximum absolute atomic E-state index is 13.9. The molecule has 16 heteroatoms. The molecule has 14 nitrogen and oxygen atoms in total. The predicted molar refractivity (Wildman–Crippen MR) is 235 cm³/mol. The van der Waals surface area contributed by atoms with E-state index in [2.05, 4.69) is 62.0 Å². The highest BCUT2D eigenvalue weighted by Gasteiger charge is 2.31. The van der Waals surface area contributed by atoms with E-state index in [1.165, 1.54) is 46.3 Å². The molecular weight excluding hydrogens is 803 g/mol. The number of anilines is 2. The normalized spacial score (nSPS) is 17.8. The van der Waals surface area contributed by atoms with Gasteiger partial charge in [-0.25, -0.2) is 18.1 Å². The quantitative estimate of drug-likeness (QED) is 0.0768. The second-order valence-corrected chi connectivity index (χ2v) is 19.6. The van der Waals surface area contributed by atoms with E-state index in [1.54, 1.807) is 41.8 Å². The number of thiophene rings is 1. The van der Waals surface area contributed by atoms with E-state index in [9.17, 15) is 23.3 Å². The number of aromatic amines is 1. The summed E-state index contributed by atoms with van der Waals surface area (Å²) in [4.78, 5) is 38.5. The van der Waals surface area contributed by atoms with Gasteiger partial charge in [-0.3, -0.25) is 19.8 Å². The second kappa shape index (κ2) is 17.4. The molecule has 60 heavy (non-hydrogen) atoms. The zero-order valence-electron chi connectivity index (χ0n) is 34.2. The molecule has 3 aromatic heterocycles. The van der Waals surface area contributed by atoms with Crippen LogP contribution < -0.4 is 19.7 Å². The first-order valence-corrected chi connectivity index (χ1v) is 22.8. The van der Waals surface area contributed by atoms with Crippen LogP contribution in [-0.4, -0.2) is 86.6 Å². The number of piperazine rings is 1. The highest BCUT2D eigenvalue weighted by Crippen LogP contribution is 2.45. The van der Waals surface area contributed by atoms with Crippen LogP contribution in [0, 0.1) is 28.4 Å². The number of carbonyl (C=O) groups is 1. The highest BCUT2D eigenvalue weighted by molar-refractivity contribution is 7.90. The number of carbonyl (C=O) groups excluding carboxylic acids is 1. The number of allylic oxidation sites excluding steroid dienone is 1. The molecule has 8 rings (SSSR count). The van der Waals surface area contributed by atoms with Crippen LogP contribution in [0.4, 0.5) is 17.1 Å². The number of pyridine rings is 1. The van der Waals surface area contributed by atoms with Crippen LogP contribution in [0.2, 0.25) is 0 Å². The Labute approximate surface area is 354 Å². The maximum atomic E-state index is 13.9. The van der Waals surface area contributed by atoms with Crippen molar-refractivity contribution in [1.29, 1.82) is 0 Å². The third kappa shape index (κ3) is 9.36. The van der Waals surface area contributed by atoms with E-state index < -0.39 is 31.4 Å². The molecule has 0 spiro atoms. The fourth-order valence-corrected chi connectivity index (χ4v) is 10.1. The molecule has 0 unspecified atom stereocenters. The summed E-state index contributed by atoms with van der Waals surface area (Å²) in [5.74, 6) is -0.160. The van der Waals surface area contributed by atoms with E-state index >= 15 is 0 Å². The molecule has 5 aromatic rings. The number of nitro benzene ring substituents is 1. The van der Waals surface area contributed by atoms with Crippen molar-refractivity contribution in [2.45, 2.75) is 57.8 Å². The van der Waals surface area contributed by atoms with Gasteiger partial charge in [0.1, 0.15) is 22.8 Å². The van der Waals surface area contributed by atoms with Gasteiger partial charge in [0.05, 0.1) is 21.6 Å². The Balaban J connectivity index is 1.01. The Kier molecular flexibility index (Phi) is 12.0. The Morgan fingerprint density at radius 1 is 1.08 bits per heavy atom. The number of nitrogens with one attached hydrogen (secondary N) is 3. The van der Waals surface area contributed by atoms with Crippen LogP contribution in [0.3, 0.4) is 0 Å². The van der Waals surface area contributed by atoms with Crippen molar-refractivity contribution >= 4 is 60.9 Å². The van der Waals surface area contributed by atoms with Gasteiger partial charge in [0.2, 0.25) is 0 Å². The highest BCUT2D eigenvalue weighted by atomic mass is 32.2. The molecule has 0 atom stereocenters. The number of sulfonamides is 1. The third-order valence-electron chi connectivity index (χ3n) is 12.0. The van der Waals surface area contributed by atoms with Gasteiger partial charge >= 0.3 is 0 Å². The average molecular weight is 854 g/mol. The zero-order valence-corrected chi connectivity index (χ0v) is 35.8. The van der Waals surface area contributed by atoms with Crippen LogP contribution in [0.5, 0.6) is 11.5 Å². The minimum absolute atomic E-state index is 0.0252. The van der Waals surface area contributed by atoms with Crippen molar-refractivity contribution in [1.82, 2.24) is 19.6 Å². The van der Waals surface area contributed by atoms with Gasteiger partial charge in [-0.2, -0.15) is 0 Å². The topological polar surface area (TPSA) is 172 Å². The Hall–Kier alpha value is -5.29. The number of benzene rings is 2. The third-order valence-corrected chi connectivity index (χ3v) is 14.1. The SMILES string of the molecule is Cc1sccc1C1=C(CN2CCN(c3ccc(C(=O)NS(=O)(=O)c4ccc(NCC5CCOCC5)c([N+](=O)[O-])c4)c(Oc4cnc5[nH]ccc5c4)c3)CC2)CCC(C)(C)C1. The molecule has 0 bridgehead atoms. The number of nitro groups is 1. The second-order valence-electron chi connectivity index (χ2n) is 16.8. The number of aryl methyl sites for hydroxylation is 1. The summed E-state index contributed by atoms with van der Waals surface area (Å²) in [5.41, 5.74) is 5.97. The smallest absolute Gasteiger partial charge is 0.293 e. The summed E-state index contributed by atoms with van der Waals surface area (Å²) < 4.78 is 41.2. The standard InChI is InChI=1S/C44H51N7O7S2/c1-29-36(12-21-59-29)38-25-44(2,3)13-8-32(38)28-49-15-17-50(18-16-49)33-4-6-37(41(23-33)58-34-22-31-9-14-45-42(31)47-27-34)43(52)48-60(55,56)35-5-7-39(40(24-35)51(53)54)46-26-30-10-19-57-20-11-30/h4-7,9,12,14,21-24,27,30,46H,8,10-11,13,15-20,25-26,28H2,1-3H3,(H,45,47)(H,48,52). The Morgan fingerprint density at radius 2 is 1.88 bits per heavy atom. The van der Waals surface area contributed by atoms with Crippen LogP contribution in [-0.2, 0) is 14.8 Å². The lowest BCUT2D eigenvalue weighted by Crippen LogP contribution is -2.47. The number of rotatable bonds is 13. The largest absolute Gasteiger partial charge is 0.455 e. The molecule has 2 fully saturated rings. The van der Waals surface area contributed by atoms with Crippen molar-refractivity contribution < 1.29 is 27.6 Å². The molecule has 2 aromatic carbocycles. The number of aromatic nitrogens is 2. The minimum atomic E-state index is -4.54. The zero-order chi connectivity index (χ0) is 42.0. The van der Waals surface area contributed by atoms with Crippen LogP contribution in [0.1, 0.15) is 66.8 Å². The summed E-state index contributed by atoms with van der Waals surface area (Å²) in [6.45, 7) is 12.8. The van der Waals surface area contributed by atoms with Gasteiger partial charge in [0.15, 0.2) is 0 Å². The molecule has 0 saturated carbocycles. The summed E-state index contributed by atoms with van der Waals surface area (Å²) >= 11 is 1.81. The Morgan fingerprint density at radius 3 is 2.63 bits per heavy atom. The molecule has 1 aliphatic carbocycles. The van der Waals surface area contributed by atoms with Crippen molar-refractivity contribution in [3.63, 3.8) is 0 Å². The van der Waals surface area contributed by atoms with Gasteiger partial charge in [0.25, 0.3) is 21.6 Å². The molecule has 3 aliphatic rings. The first-order valence-electron chi connectivity index (χ1n) is 20.5. The number of hydrogen-bond acceptors (Lipinski definition) is 12. The first-order chi connectivity index (χ1) is 28.8. The average Bonchev–Trinajstić information content (AvgIpc) is 3.89. The molecule has 1 amide bonds. The van der Waals surface area contributed by atoms with Gasteiger partial charge in [-0.15, -0.1) is 11.3 Å². The van der Waals surface area contributed by atoms with E-state index in [-0.39, 0.29) is 28.3 Å². The van der Waals surface area contributed by atoms with Gasteiger partial charge in [0, 0.05) is 86.8 Å². The van der Waals surface area contributed by atoms with Gasteiger partial charge in [-0.1, -0.05) is 19.4 Å². The molecule has 0 radical (unpaired) electrons. The van der Waals surface area contributed by atoms with Crippen molar-refractivity contribution in [2.75, 3.05) is 62.7 Å². The lowest BCUT2D eigenvalue weighted by molar-refractivity contribution is -0.384. The van der Waals surface area contributed by atoms with E-state index in [1.807, 2.05) is 6.07 Å². The van der Waals surface area contributed by atoms with Crippen LogP contribution in [0.25, 0.3) is 16.6 Å². The predicted octanol–water partition coefficient (Wildman–Crippen LogP) is 8.38. The van der Waals surface area contributed by atoms with E-state index in [0.717, 1.165) is 75.5 Å². The summed E-state index contributed by atoms with van der Waals surface area (Å²) in [5, 5.41) is 18.2. The Bertz CT molecular complexity index is 2530. The van der Waals surface area contributed by atoms with Crippen LogP contribution in [0.15, 0.2) is 82.8 Å². The van der Waals surface area contributed by atoms with Gasteiger partial charge in [-0.05, 0) is 109 Å². The fourth-order valence-electron chi connectivity index (χ4n) is 8.43. The molecule has 2 saturated heterocycles. The number of ether oxygens (including phenoxy) is 2. The first kappa shape index (κ1) is 41.4. The van der Waals surface area contributed by atoms with Crippen molar-refractivity contribution in [2.24, 2.45) is 11.3 Å². The number of nitrogens with zero attached hydrogens (tertiary/aromatic N) is 4. The summed E-state index contributed by atoms with van der Waals surface area (Å²) in [6.07, 6.45) is 8.30. The molecule has 3 N–H and O–H groups in total. The maximum Gasteiger partial charge on any atom is 0.293 e. The number of H-pyrrole nitrogens is 1. The molecule has 2 aliphatic heterocycles. The van der Waals surface area contributed by atoms with Crippen molar-refractivity contribution in [3.8, 4) is 11.5 Å². The summed E-state index contributed by atoms with van der Waals surface area (Å²) in [6, 6.07) is 14.6. The minimum Gasteiger partial charge on any atom is -0.455 e. The van der Waals surface area contributed by atoms with E-state index in [0.29, 0.717) is 31.2 Å². The lowest BCUT2D eigenvalue weighted by Gasteiger charge is -2.39. The van der Waals surface area contributed by atoms with E-state index in [4.69, 9.17) is 9.47 Å². The number of hydrogen-bond donors (Lipinski definition) is 3. The fraction of sp³-hybridized carbons (Fsp3) is 0.409. The van der Waals surface area contributed by atoms with Gasteiger partial charge < -0.3 is 24.7 Å².